The molecule has 0 radical (unpaired) electrons. The van der Waals surface area contributed by atoms with Crippen LogP contribution in [0.5, 0.6) is 0 Å². The van der Waals surface area contributed by atoms with E-state index in [1.165, 1.54) is 17.4 Å². The molecule has 2 aromatic rings. The highest BCUT2D eigenvalue weighted by Gasteiger charge is 2.27. The molecule has 7 heteroatoms. The van der Waals surface area contributed by atoms with E-state index in [2.05, 4.69) is 32.7 Å². The number of likely N-dealkylation sites (tertiary alicyclic amines) is 1. The number of aromatic nitrogens is 4. The van der Waals surface area contributed by atoms with Crippen molar-refractivity contribution in [2.45, 2.75) is 31.8 Å². The highest BCUT2D eigenvalue weighted by molar-refractivity contribution is 5.83. The van der Waals surface area contributed by atoms with Crippen molar-refractivity contribution in [3.63, 3.8) is 0 Å². The number of carbonyl (C=O) groups excluding carboxylic acids is 1. The van der Waals surface area contributed by atoms with E-state index in [1.807, 2.05) is 30.3 Å². The molecule has 0 saturated carbocycles. The fraction of sp³-hybridized carbons (Fsp3) is 0.500. The fourth-order valence-corrected chi connectivity index (χ4v) is 3.20. The minimum Gasteiger partial charge on any atom is -0.352 e. The second-order valence-corrected chi connectivity index (χ2v) is 5.77. The number of nitrogens with zero attached hydrogens (tertiary/aromatic N) is 5. The Morgan fingerprint density at radius 1 is 1.39 bits per heavy atom. The summed E-state index contributed by atoms with van der Waals surface area (Å²) in [5.74, 6) is -0.0774. The summed E-state index contributed by atoms with van der Waals surface area (Å²) in [5, 5.41) is 14.3. The van der Waals surface area contributed by atoms with Crippen molar-refractivity contribution in [3.05, 3.63) is 42.2 Å². The third kappa shape index (κ3) is 3.56. The molecule has 1 aliphatic heterocycles. The van der Waals surface area contributed by atoms with Crippen LogP contribution in [0.15, 0.2) is 36.7 Å². The van der Waals surface area contributed by atoms with Crippen LogP contribution >= 0.6 is 0 Å². The van der Waals surface area contributed by atoms with Crippen molar-refractivity contribution in [2.24, 2.45) is 0 Å². The van der Waals surface area contributed by atoms with Crippen LogP contribution in [0.2, 0.25) is 0 Å². The second-order valence-electron chi connectivity index (χ2n) is 5.77. The quantitative estimate of drug-likeness (QED) is 0.856. The predicted octanol–water partition coefficient (Wildman–Crippen LogP) is 0.863. The summed E-state index contributed by atoms with van der Waals surface area (Å²) in [6.45, 7) is 4.97. The van der Waals surface area contributed by atoms with Crippen LogP contribution in [0.4, 0.5) is 0 Å². The number of hydrogen-bond donors (Lipinski definition) is 1. The lowest BCUT2D eigenvalue weighted by molar-refractivity contribution is -0.123. The number of likely N-dealkylation sites (N-methyl/N-ethyl adjacent to an activating group) is 1. The van der Waals surface area contributed by atoms with E-state index in [1.54, 1.807) is 0 Å². The van der Waals surface area contributed by atoms with Crippen molar-refractivity contribution in [1.82, 2.24) is 30.4 Å². The van der Waals surface area contributed by atoms with Crippen LogP contribution in [0.25, 0.3) is 0 Å². The molecule has 0 aliphatic carbocycles. The van der Waals surface area contributed by atoms with Gasteiger partial charge >= 0.3 is 0 Å². The van der Waals surface area contributed by atoms with E-state index in [4.69, 9.17) is 0 Å². The molecule has 7 nitrogen and oxygen atoms in total. The fourth-order valence-electron chi connectivity index (χ4n) is 3.20. The van der Waals surface area contributed by atoms with Crippen molar-refractivity contribution in [3.8, 4) is 0 Å². The molecule has 1 fully saturated rings. The molecule has 1 aliphatic rings. The van der Waals surface area contributed by atoms with E-state index >= 15 is 0 Å². The summed E-state index contributed by atoms with van der Waals surface area (Å²) in [4.78, 5) is 15.2. The summed E-state index contributed by atoms with van der Waals surface area (Å²) in [7, 11) is 0. The van der Waals surface area contributed by atoms with Crippen LogP contribution < -0.4 is 5.32 Å². The van der Waals surface area contributed by atoms with Crippen molar-refractivity contribution in [1.29, 1.82) is 0 Å². The predicted molar refractivity (Wildman–Crippen MR) is 85.7 cm³/mol. The van der Waals surface area contributed by atoms with Crippen molar-refractivity contribution >= 4 is 5.91 Å². The third-order valence-electron chi connectivity index (χ3n) is 4.41. The van der Waals surface area contributed by atoms with E-state index in [0.717, 1.165) is 25.1 Å². The number of tetrazole rings is 1. The number of hydrogen-bond acceptors (Lipinski definition) is 5. The topological polar surface area (TPSA) is 75.9 Å². The molecule has 23 heavy (non-hydrogen) atoms. The number of benzene rings is 1. The zero-order valence-corrected chi connectivity index (χ0v) is 13.3. The molecule has 0 bridgehead atoms. The summed E-state index contributed by atoms with van der Waals surface area (Å²) in [6, 6.07) is 9.47. The molecule has 1 N–H and O–H groups in total. The van der Waals surface area contributed by atoms with Gasteiger partial charge in [0.1, 0.15) is 6.33 Å². The maximum absolute atomic E-state index is 12.7. The van der Waals surface area contributed by atoms with Gasteiger partial charge in [0.15, 0.2) is 6.04 Å². The Morgan fingerprint density at radius 2 is 2.22 bits per heavy atom. The largest absolute Gasteiger partial charge is 0.352 e. The van der Waals surface area contributed by atoms with E-state index in [0.29, 0.717) is 12.6 Å². The highest BCUT2D eigenvalue weighted by Crippen LogP contribution is 2.18. The zero-order valence-electron chi connectivity index (χ0n) is 13.3. The number of amides is 1. The monoisotopic (exact) mass is 314 g/mol. The van der Waals surface area contributed by atoms with E-state index in [-0.39, 0.29) is 5.91 Å². The molecular formula is C16H22N6O. The Labute approximate surface area is 135 Å². The minimum absolute atomic E-state index is 0.0774. The molecule has 3 rings (SSSR count). The molecule has 1 aromatic carbocycles. The van der Waals surface area contributed by atoms with Gasteiger partial charge in [0.25, 0.3) is 0 Å². The van der Waals surface area contributed by atoms with Crippen LogP contribution in [0.1, 0.15) is 31.4 Å². The lowest BCUT2D eigenvalue weighted by Crippen LogP contribution is -2.42. The number of carbonyl (C=O) groups is 1. The molecule has 2 heterocycles. The molecule has 0 unspecified atom stereocenters. The molecule has 122 valence electrons. The van der Waals surface area contributed by atoms with Crippen LogP contribution in [-0.4, -0.2) is 56.7 Å². The molecule has 0 spiro atoms. The highest BCUT2D eigenvalue weighted by atomic mass is 16.2. The first-order valence-corrected chi connectivity index (χ1v) is 8.08. The zero-order chi connectivity index (χ0) is 16.1. The van der Waals surface area contributed by atoms with Gasteiger partial charge in [-0.3, -0.25) is 9.69 Å². The van der Waals surface area contributed by atoms with E-state index < -0.39 is 6.04 Å². The SMILES string of the molecule is CCN1CCC[C@H]1CNC(=O)[C@@H](c1ccccc1)n1cnnn1. The van der Waals surface area contributed by atoms with Crippen molar-refractivity contribution in [2.75, 3.05) is 19.6 Å². The lowest BCUT2D eigenvalue weighted by atomic mass is 10.1. The normalized spacial score (nSPS) is 19.6. The van der Waals surface area contributed by atoms with Gasteiger partial charge in [0.05, 0.1) is 0 Å². The molecular weight excluding hydrogens is 292 g/mol. The lowest BCUT2D eigenvalue weighted by Gasteiger charge is -2.24. The Bertz CT molecular complexity index is 615. The van der Waals surface area contributed by atoms with Crippen LogP contribution in [0.3, 0.4) is 0 Å². The third-order valence-corrected chi connectivity index (χ3v) is 4.41. The van der Waals surface area contributed by atoms with Gasteiger partial charge in [0.2, 0.25) is 5.91 Å². The molecule has 1 saturated heterocycles. The maximum atomic E-state index is 12.7. The van der Waals surface area contributed by atoms with E-state index in [9.17, 15) is 4.79 Å². The van der Waals surface area contributed by atoms with Gasteiger partial charge in [-0.15, -0.1) is 5.10 Å². The van der Waals surface area contributed by atoms with Gasteiger partial charge in [-0.2, -0.15) is 0 Å². The number of rotatable bonds is 6. The molecule has 1 amide bonds. The van der Waals surface area contributed by atoms with Gasteiger partial charge in [-0.25, -0.2) is 4.68 Å². The maximum Gasteiger partial charge on any atom is 0.249 e. The standard InChI is InChI=1S/C16H22N6O/c1-2-21-10-6-9-14(21)11-17-16(23)15(22-12-18-19-20-22)13-7-4-3-5-8-13/h3-5,7-8,12,14-15H,2,6,9-11H2,1H3,(H,17,23)/t14-,15+/m0/s1. The summed E-state index contributed by atoms with van der Waals surface area (Å²) in [5.41, 5.74) is 0.871. The first kappa shape index (κ1) is 15.6. The summed E-state index contributed by atoms with van der Waals surface area (Å²) >= 11 is 0. The molecule has 1 aromatic heterocycles. The summed E-state index contributed by atoms with van der Waals surface area (Å²) < 4.78 is 1.50. The first-order valence-electron chi connectivity index (χ1n) is 8.08. The van der Waals surface area contributed by atoms with Gasteiger partial charge in [0, 0.05) is 12.6 Å². The minimum atomic E-state index is -0.539. The first-order chi connectivity index (χ1) is 11.3. The Morgan fingerprint density at radius 3 is 2.91 bits per heavy atom. The van der Waals surface area contributed by atoms with Gasteiger partial charge < -0.3 is 5.32 Å². The molecule has 2 atom stereocenters. The average molecular weight is 314 g/mol. The van der Waals surface area contributed by atoms with Crippen LogP contribution in [0, 0.1) is 0 Å². The van der Waals surface area contributed by atoms with Gasteiger partial charge in [-0.05, 0) is 41.9 Å². The number of nitrogens with one attached hydrogen (secondary N) is 1. The Hall–Kier alpha value is -2.28. The second kappa shape index (κ2) is 7.32. The Balaban J connectivity index is 1.71. The average Bonchev–Trinajstić information content (AvgIpc) is 3.25. The Kier molecular flexibility index (Phi) is 4.97. The smallest absolute Gasteiger partial charge is 0.249 e. The van der Waals surface area contributed by atoms with Crippen molar-refractivity contribution < 1.29 is 4.79 Å². The van der Waals surface area contributed by atoms with Crippen LogP contribution in [-0.2, 0) is 4.79 Å². The summed E-state index contributed by atoms with van der Waals surface area (Å²) in [6.07, 6.45) is 3.81. The van der Waals surface area contributed by atoms with Gasteiger partial charge in [-0.1, -0.05) is 37.3 Å².